The van der Waals surface area contributed by atoms with Gasteiger partial charge in [-0.05, 0) is 35.9 Å². The normalized spacial score (nSPS) is 10.5. The molecule has 0 saturated heterocycles. The van der Waals surface area contributed by atoms with Crippen LogP contribution < -0.4 is 5.73 Å². The summed E-state index contributed by atoms with van der Waals surface area (Å²) in [4.78, 5) is 15.6. The monoisotopic (exact) mass is 297 g/mol. The number of amides is 1. The van der Waals surface area contributed by atoms with Gasteiger partial charge >= 0.3 is 0 Å². The van der Waals surface area contributed by atoms with E-state index in [-0.39, 0.29) is 0 Å². The maximum atomic E-state index is 11.5. The van der Waals surface area contributed by atoms with Gasteiger partial charge in [-0.25, -0.2) is 4.98 Å². The highest BCUT2D eigenvalue weighted by Crippen LogP contribution is 2.33. The number of oxazole rings is 1. The fraction of sp³-hybridized carbons (Fsp3) is 0. The third-order valence-corrected chi connectivity index (χ3v) is 3.39. The van der Waals surface area contributed by atoms with Crippen molar-refractivity contribution in [3.63, 3.8) is 0 Å². The molecular formula is C16H10ClN2O2. The molecule has 0 bridgehead atoms. The molecule has 0 fully saturated rings. The van der Waals surface area contributed by atoms with Gasteiger partial charge in [0.1, 0.15) is 6.26 Å². The van der Waals surface area contributed by atoms with Gasteiger partial charge in [0, 0.05) is 21.7 Å². The van der Waals surface area contributed by atoms with Crippen LogP contribution in [0.25, 0.3) is 22.6 Å². The van der Waals surface area contributed by atoms with Gasteiger partial charge in [-0.15, -0.1) is 0 Å². The van der Waals surface area contributed by atoms with Gasteiger partial charge in [-0.2, -0.15) is 0 Å². The van der Waals surface area contributed by atoms with E-state index < -0.39 is 5.91 Å². The summed E-state index contributed by atoms with van der Waals surface area (Å²) in [6.45, 7) is 0. The lowest BCUT2D eigenvalue weighted by atomic mass is 9.97. The van der Waals surface area contributed by atoms with Gasteiger partial charge < -0.3 is 10.2 Å². The second kappa shape index (κ2) is 5.42. The summed E-state index contributed by atoms with van der Waals surface area (Å²) < 4.78 is 5.28. The first kappa shape index (κ1) is 13.4. The van der Waals surface area contributed by atoms with Crippen molar-refractivity contribution in [3.8, 4) is 22.6 Å². The third-order valence-electron chi connectivity index (χ3n) is 3.07. The Morgan fingerprint density at radius 1 is 1.29 bits per heavy atom. The van der Waals surface area contributed by atoms with E-state index in [4.69, 9.17) is 21.8 Å². The Morgan fingerprint density at radius 3 is 2.86 bits per heavy atom. The van der Waals surface area contributed by atoms with Crippen LogP contribution >= 0.6 is 11.6 Å². The first-order valence-electron chi connectivity index (χ1n) is 6.16. The van der Waals surface area contributed by atoms with Crippen LogP contribution in [0.1, 0.15) is 10.4 Å². The molecule has 0 aliphatic carbocycles. The maximum Gasteiger partial charge on any atom is 0.249 e. The average Bonchev–Trinajstić information content (AvgIpc) is 3.02. The van der Waals surface area contributed by atoms with Gasteiger partial charge in [0.2, 0.25) is 11.8 Å². The predicted octanol–water partition coefficient (Wildman–Crippen LogP) is 3.56. The minimum absolute atomic E-state index is 0.365. The second-order valence-electron chi connectivity index (χ2n) is 4.37. The van der Waals surface area contributed by atoms with E-state index in [2.05, 4.69) is 11.1 Å². The highest BCUT2D eigenvalue weighted by Gasteiger charge is 2.14. The van der Waals surface area contributed by atoms with Crippen molar-refractivity contribution in [1.29, 1.82) is 0 Å². The first-order valence-corrected chi connectivity index (χ1v) is 6.54. The van der Waals surface area contributed by atoms with E-state index in [1.165, 1.54) is 6.26 Å². The van der Waals surface area contributed by atoms with Crippen LogP contribution in [0, 0.1) is 6.07 Å². The largest absolute Gasteiger partial charge is 0.445 e. The average molecular weight is 298 g/mol. The molecule has 0 spiro atoms. The first-order chi connectivity index (χ1) is 10.2. The highest BCUT2D eigenvalue weighted by atomic mass is 35.5. The highest BCUT2D eigenvalue weighted by molar-refractivity contribution is 6.33. The van der Waals surface area contributed by atoms with Crippen molar-refractivity contribution >= 4 is 17.5 Å². The van der Waals surface area contributed by atoms with Crippen molar-refractivity contribution in [1.82, 2.24) is 4.98 Å². The van der Waals surface area contributed by atoms with Crippen LogP contribution in [0.3, 0.4) is 0 Å². The molecule has 4 nitrogen and oxygen atoms in total. The van der Waals surface area contributed by atoms with E-state index in [9.17, 15) is 4.79 Å². The van der Waals surface area contributed by atoms with E-state index >= 15 is 0 Å². The molecule has 0 aliphatic heterocycles. The van der Waals surface area contributed by atoms with E-state index in [0.717, 1.165) is 5.56 Å². The molecular weight excluding hydrogens is 288 g/mol. The second-order valence-corrected chi connectivity index (χ2v) is 4.78. The molecule has 0 aliphatic rings. The quantitative estimate of drug-likeness (QED) is 0.803. The molecule has 0 unspecified atom stereocenters. The Bertz CT molecular complexity index is 798. The Hall–Kier alpha value is -2.59. The van der Waals surface area contributed by atoms with E-state index in [0.29, 0.717) is 27.6 Å². The fourth-order valence-corrected chi connectivity index (χ4v) is 2.32. The van der Waals surface area contributed by atoms with Crippen LogP contribution in [0.5, 0.6) is 0 Å². The molecule has 1 heterocycles. The maximum absolute atomic E-state index is 11.5. The number of carbonyl (C=O) groups is 1. The summed E-state index contributed by atoms with van der Waals surface area (Å²) >= 11 is 6.26. The standard InChI is InChI=1S/C16H10ClN2O2/c17-14-6-5-10(16-19-7-8-21-16)9-13(14)11-3-1-2-4-12(11)15(18)20/h1,3-9H,(H2,18,20). The smallest absolute Gasteiger partial charge is 0.249 e. The van der Waals surface area contributed by atoms with Gasteiger partial charge in [0.05, 0.1) is 6.20 Å². The molecule has 0 atom stereocenters. The zero-order valence-electron chi connectivity index (χ0n) is 10.8. The minimum atomic E-state index is -0.528. The van der Waals surface area contributed by atoms with Crippen LogP contribution in [0.15, 0.2) is 53.3 Å². The van der Waals surface area contributed by atoms with E-state index in [1.54, 1.807) is 36.5 Å². The summed E-state index contributed by atoms with van der Waals surface area (Å²) in [6, 6.07) is 13.2. The summed E-state index contributed by atoms with van der Waals surface area (Å²) in [7, 11) is 0. The predicted molar refractivity (Wildman–Crippen MR) is 79.7 cm³/mol. The van der Waals surface area contributed by atoms with Gasteiger partial charge in [0.15, 0.2) is 0 Å². The van der Waals surface area contributed by atoms with Gasteiger partial charge in [-0.1, -0.05) is 23.7 Å². The van der Waals surface area contributed by atoms with Crippen LogP contribution in [0.4, 0.5) is 0 Å². The Kier molecular flexibility index (Phi) is 3.46. The number of nitrogens with zero attached hydrogens (tertiary/aromatic N) is 1. The number of rotatable bonds is 3. The number of nitrogens with two attached hydrogens (primary N) is 1. The Morgan fingerprint density at radius 2 is 2.14 bits per heavy atom. The zero-order chi connectivity index (χ0) is 14.8. The number of hydrogen-bond donors (Lipinski definition) is 1. The van der Waals surface area contributed by atoms with Crippen molar-refractivity contribution in [2.75, 3.05) is 0 Å². The number of carbonyl (C=O) groups excluding carboxylic acids is 1. The van der Waals surface area contributed by atoms with Crippen molar-refractivity contribution in [2.24, 2.45) is 5.73 Å². The van der Waals surface area contributed by atoms with Gasteiger partial charge in [0.25, 0.3) is 0 Å². The summed E-state index contributed by atoms with van der Waals surface area (Å²) in [5.74, 6) is -0.0459. The number of halogens is 1. The molecule has 1 radical (unpaired) electrons. The molecule has 21 heavy (non-hydrogen) atoms. The van der Waals surface area contributed by atoms with Gasteiger partial charge in [-0.3, -0.25) is 4.79 Å². The Balaban J connectivity index is 2.19. The molecule has 2 aromatic carbocycles. The molecule has 3 rings (SSSR count). The molecule has 5 heteroatoms. The molecule has 1 amide bonds. The number of primary amides is 1. The lowest BCUT2D eigenvalue weighted by molar-refractivity contribution is 0.100. The number of aromatic nitrogens is 1. The Labute approximate surface area is 126 Å². The summed E-state index contributed by atoms with van der Waals surface area (Å²) in [5, 5.41) is 0.513. The van der Waals surface area contributed by atoms with Crippen LogP contribution in [-0.4, -0.2) is 10.9 Å². The molecule has 0 saturated carbocycles. The topological polar surface area (TPSA) is 69.1 Å². The lowest BCUT2D eigenvalue weighted by Crippen LogP contribution is -2.12. The van der Waals surface area contributed by atoms with E-state index in [1.807, 2.05) is 6.07 Å². The van der Waals surface area contributed by atoms with Crippen molar-refractivity contribution < 1.29 is 9.21 Å². The summed E-state index contributed by atoms with van der Waals surface area (Å²) in [6.07, 6.45) is 3.06. The third kappa shape index (κ3) is 2.53. The fourth-order valence-electron chi connectivity index (χ4n) is 2.10. The van der Waals surface area contributed by atoms with Crippen LogP contribution in [-0.2, 0) is 0 Å². The lowest BCUT2D eigenvalue weighted by Gasteiger charge is -2.09. The number of hydrogen-bond acceptors (Lipinski definition) is 3. The zero-order valence-corrected chi connectivity index (χ0v) is 11.6. The molecule has 3 aromatic rings. The molecule has 1 aromatic heterocycles. The van der Waals surface area contributed by atoms with Crippen molar-refractivity contribution in [3.05, 3.63) is 65.5 Å². The SMILES string of the molecule is NC(=O)c1c[c]ccc1-c1cc(-c2ncco2)ccc1Cl. The van der Waals surface area contributed by atoms with Crippen LogP contribution in [0.2, 0.25) is 5.02 Å². The molecule has 2 N–H and O–H groups in total. The summed E-state index contributed by atoms with van der Waals surface area (Å²) in [5.41, 5.74) is 7.88. The number of benzene rings is 2. The molecule has 103 valence electrons. The van der Waals surface area contributed by atoms with Crippen molar-refractivity contribution in [2.45, 2.75) is 0 Å². The minimum Gasteiger partial charge on any atom is -0.445 e.